The van der Waals surface area contributed by atoms with E-state index in [1.807, 2.05) is 0 Å². The van der Waals surface area contributed by atoms with Gasteiger partial charge in [0.05, 0.1) is 5.92 Å². The topological polar surface area (TPSA) is 107 Å². The Labute approximate surface area is 111 Å². The number of sulfonamides is 1. The summed E-state index contributed by atoms with van der Waals surface area (Å²) in [5.41, 5.74) is -5.67. The maximum Gasteiger partial charge on any atom is 0.518 e. The number of rotatable bonds is 3. The predicted molar refractivity (Wildman–Crippen MR) is 57.8 cm³/mol. The van der Waals surface area contributed by atoms with Gasteiger partial charge in [-0.1, -0.05) is 12.2 Å². The summed E-state index contributed by atoms with van der Waals surface area (Å²) in [6, 6.07) is 0. The van der Waals surface area contributed by atoms with Crippen LogP contribution in [0.25, 0.3) is 0 Å². The quantitative estimate of drug-likeness (QED) is 0.452. The van der Waals surface area contributed by atoms with Gasteiger partial charge in [0.15, 0.2) is 0 Å². The number of allylic oxidation sites excluding steroid dienone is 2. The lowest BCUT2D eigenvalue weighted by atomic mass is 9.83. The van der Waals surface area contributed by atoms with Crippen LogP contribution in [0.4, 0.5) is 13.2 Å². The van der Waals surface area contributed by atoms with Crippen molar-refractivity contribution < 1.29 is 36.6 Å². The summed E-state index contributed by atoms with van der Waals surface area (Å²) in [4.78, 5) is 11.1. The smallest absolute Gasteiger partial charge is 0.518 e. The molecule has 6 nitrogen and oxygen atoms in total. The molecule has 0 aromatic carbocycles. The number of nitrogens with zero attached hydrogens (tertiary/aromatic N) is 1. The van der Waals surface area contributed by atoms with E-state index in [-0.39, 0.29) is 0 Å². The van der Waals surface area contributed by atoms with Crippen molar-refractivity contribution in [3.63, 3.8) is 0 Å². The number of hydrogen-bond acceptors (Lipinski definition) is 4. The lowest BCUT2D eigenvalue weighted by Crippen LogP contribution is -2.40. The minimum absolute atomic E-state index is 0.301. The first-order valence-electron chi connectivity index (χ1n) is 5.54. The Morgan fingerprint density at radius 2 is 1.75 bits per heavy atom. The van der Waals surface area contributed by atoms with E-state index in [0.29, 0.717) is 6.42 Å². The third-order valence-electron chi connectivity index (χ3n) is 3.53. The Hall–Kier alpha value is -1.58. The van der Waals surface area contributed by atoms with Gasteiger partial charge in [-0.3, -0.25) is 4.79 Å². The maximum atomic E-state index is 12.2. The van der Waals surface area contributed by atoms with Crippen LogP contribution < -0.4 is 5.11 Å². The first-order valence-corrected chi connectivity index (χ1v) is 6.98. The summed E-state index contributed by atoms with van der Waals surface area (Å²) in [6.07, 6.45) is 3.39. The summed E-state index contributed by atoms with van der Waals surface area (Å²) in [7, 11) is -5.94. The van der Waals surface area contributed by atoms with Gasteiger partial charge in [0.25, 0.3) is 0 Å². The van der Waals surface area contributed by atoms with Gasteiger partial charge in [-0.05, 0) is 24.2 Å². The molecule has 2 rings (SSSR count). The molecule has 0 spiro atoms. The molecule has 10 heteroatoms. The number of alkyl halides is 3. The zero-order valence-electron chi connectivity index (χ0n) is 9.74. The van der Waals surface area contributed by atoms with E-state index < -0.39 is 51.1 Å². The SMILES string of the molecule is O=C(O)C1C2C=CC(C2)C1/C([O-])=N/S(=O)(=O)C(F)(F)F. The highest BCUT2D eigenvalue weighted by molar-refractivity contribution is 7.91. The fourth-order valence-corrected chi connectivity index (χ4v) is 3.19. The van der Waals surface area contributed by atoms with Crippen LogP contribution in [0.15, 0.2) is 16.5 Å². The molecule has 112 valence electrons. The average Bonchev–Trinajstić information content (AvgIpc) is 2.85. The molecule has 0 aliphatic heterocycles. The molecule has 20 heavy (non-hydrogen) atoms. The zero-order valence-corrected chi connectivity index (χ0v) is 10.6. The van der Waals surface area contributed by atoms with E-state index in [9.17, 15) is 31.5 Å². The molecule has 2 aliphatic rings. The van der Waals surface area contributed by atoms with Crippen LogP contribution in [-0.2, 0) is 14.8 Å². The molecule has 4 unspecified atom stereocenters. The third kappa shape index (κ3) is 2.28. The minimum Gasteiger partial charge on any atom is -0.861 e. The van der Waals surface area contributed by atoms with Gasteiger partial charge in [0, 0.05) is 5.92 Å². The van der Waals surface area contributed by atoms with Gasteiger partial charge in [-0.25, -0.2) is 0 Å². The molecule has 1 fully saturated rings. The summed E-state index contributed by atoms with van der Waals surface area (Å²) in [5.74, 6) is -6.55. The molecule has 0 aromatic heterocycles. The molecule has 1 N–H and O–H groups in total. The summed E-state index contributed by atoms with van der Waals surface area (Å²) in [5, 5.41) is 20.7. The Balaban J connectivity index is 2.36. The highest BCUT2D eigenvalue weighted by atomic mass is 32.2. The van der Waals surface area contributed by atoms with Crippen molar-refractivity contribution in [3.05, 3.63) is 12.2 Å². The normalized spacial score (nSPS) is 33.6. The van der Waals surface area contributed by atoms with Gasteiger partial charge in [0.1, 0.15) is 0 Å². The van der Waals surface area contributed by atoms with Crippen LogP contribution in [0, 0.1) is 23.7 Å². The third-order valence-corrected chi connectivity index (χ3v) is 4.54. The molecule has 4 atom stereocenters. The van der Waals surface area contributed by atoms with Gasteiger partial charge < -0.3 is 10.2 Å². The Bertz CT molecular complexity index is 595. The number of carboxylic acids is 1. The van der Waals surface area contributed by atoms with Crippen LogP contribution >= 0.6 is 0 Å². The lowest BCUT2D eigenvalue weighted by molar-refractivity contribution is -0.226. The van der Waals surface area contributed by atoms with Gasteiger partial charge in [-0.15, -0.1) is 0 Å². The van der Waals surface area contributed by atoms with Crippen molar-refractivity contribution >= 4 is 21.9 Å². The minimum atomic E-state index is -5.94. The first-order chi connectivity index (χ1) is 9.04. The number of halogens is 3. The van der Waals surface area contributed by atoms with E-state index in [0.717, 1.165) is 0 Å². The molecular weight excluding hydrogens is 303 g/mol. The summed E-state index contributed by atoms with van der Waals surface area (Å²) >= 11 is 0. The van der Waals surface area contributed by atoms with Crippen molar-refractivity contribution in [2.24, 2.45) is 28.1 Å². The molecule has 0 saturated heterocycles. The number of hydrogen-bond donors (Lipinski definition) is 1. The molecule has 0 aromatic rings. The Kier molecular flexibility index (Phi) is 3.31. The second-order valence-electron chi connectivity index (χ2n) is 4.69. The van der Waals surface area contributed by atoms with Crippen molar-refractivity contribution in [2.45, 2.75) is 11.9 Å². The predicted octanol–water partition coefficient (Wildman–Crippen LogP) is 0.118. The number of carboxylic acid groups (broad SMARTS) is 1. The second kappa shape index (κ2) is 4.47. The average molecular weight is 312 g/mol. The van der Waals surface area contributed by atoms with Crippen molar-refractivity contribution in [2.75, 3.05) is 0 Å². The Morgan fingerprint density at radius 3 is 2.20 bits per heavy atom. The van der Waals surface area contributed by atoms with Crippen LogP contribution in [0.2, 0.25) is 0 Å². The zero-order chi connectivity index (χ0) is 15.3. The molecular formula is C10H9F3NO5S-. The molecule has 0 heterocycles. The highest BCUT2D eigenvalue weighted by Crippen LogP contribution is 2.48. The van der Waals surface area contributed by atoms with E-state index in [1.165, 1.54) is 6.08 Å². The number of aliphatic carboxylic acids is 1. The first kappa shape index (κ1) is 14.8. The summed E-state index contributed by atoms with van der Waals surface area (Å²) in [6.45, 7) is 0. The Morgan fingerprint density at radius 1 is 1.25 bits per heavy atom. The largest absolute Gasteiger partial charge is 0.861 e. The van der Waals surface area contributed by atoms with Gasteiger partial charge in [0.2, 0.25) is 0 Å². The molecule has 2 aliphatic carbocycles. The van der Waals surface area contributed by atoms with Crippen molar-refractivity contribution in [3.8, 4) is 0 Å². The maximum absolute atomic E-state index is 12.2. The summed E-state index contributed by atoms with van der Waals surface area (Å²) < 4.78 is 60.4. The monoisotopic (exact) mass is 312 g/mol. The number of fused-ring (bicyclic) bond motifs is 2. The van der Waals surface area contributed by atoms with Gasteiger partial charge >= 0.3 is 21.5 Å². The van der Waals surface area contributed by atoms with Gasteiger partial charge in [-0.2, -0.15) is 26.0 Å². The van der Waals surface area contributed by atoms with E-state index >= 15 is 0 Å². The highest BCUT2D eigenvalue weighted by Gasteiger charge is 2.50. The van der Waals surface area contributed by atoms with Crippen LogP contribution in [0.3, 0.4) is 0 Å². The van der Waals surface area contributed by atoms with Crippen LogP contribution in [-0.4, -0.2) is 30.9 Å². The van der Waals surface area contributed by atoms with Crippen molar-refractivity contribution in [1.82, 2.24) is 0 Å². The fraction of sp³-hybridized carbons (Fsp3) is 0.600. The number of carbonyl (C=O) groups is 1. The molecule has 0 amide bonds. The molecule has 0 radical (unpaired) electrons. The lowest BCUT2D eigenvalue weighted by Gasteiger charge is -2.29. The standard InChI is InChI=1S/C10H10F3NO5S/c11-10(12,13)20(18,19)14-8(15)6-4-1-2-5(3-4)7(6)9(16)17/h1-2,4-7H,3H2,(H,14,15)(H,16,17)/p-1. The molecule has 1 saturated carbocycles. The second-order valence-corrected chi connectivity index (χ2v) is 6.28. The van der Waals surface area contributed by atoms with Crippen molar-refractivity contribution in [1.29, 1.82) is 0 Å². The van der Waals surface area contributed by atoms with Crippen LogP contribution in [0.5, 0.6) is 0 Å². The fourth-order valence-electron chi connectivity index (χ4n) is 2.73. The van der Waals surface area contributed by atoms with E-state index in [2.05, 4.69) is 4.40 Å². The molecule has 2 bridgehead atoms. The van der Waals surface area contributed by atoms with Crippen LogP contribution in [0.1, 0.15) is 6.42 Å². The van der Waals surface area contributed by atoms with E-state index in [1.54, 1.807) is 6.08 Å². The van der Waals surface area contributed by atoms with E-state index in [4.69, 9.17) is 5.11 Å².